The van der Waals surface area contributed by atoms with Gasteiger partial charge in [-0.05, 0) is 54.6 Å². The van der Waals surface area contributed by atoms with Crippen molar-refractivity contribution < 1.29 is 23.5 Å². The lowest BCUT2D eigenvalue weighted by Crippen LogP contribution is -2.20. The predicted molar refractivity (Wildman–Crippen MR) is 105 cm³/mol. The minimum absolute atomic E-state index is 0.404. The Balaban J connectivity index is 1.46. The molecule has 3 rings (SSSR count). The summed E-state index contributed by atoms with van der Waals surface area (Å²) in [5.74, 6) is 0.520. The van der Waals surface area contributed by atoms with E-state index in [2.05, 4.69) is 5.32 Å². The van der Waals surface area contributed by atoms with Crippen molar-refractivity contribution in [2.24, 2.45) is 0 Å². The third-order valence-electron chi connectivity index (χ3n) is 3.47. The topological polar surface area (TPSA) is 77.8 Å². The zero-order valence-electron chi connectivity index (χ0n) is 14.6. The largest absolute Gasteiger partial charge is 0.465 e. The number of para-hydroxylation sites is 1. The summed E-state index contributed by atoms with van der Waals surface area (Å²) >= 11 is 6.05. The van der Waals surface area contributed by atoms with Gasteiger partial charge in [-0.2, -0.15) is 0 Å². The van der Waals surface area contributed by atoms with Crippen molar-refractivity contribution in [3.05, 3.63) is 83.8 Å². The zero-order valence-corrected chi connectivity index (χ0v) is 15.4. The van der Waals surface area contributed by atoms with Gasteiger partial charge in [-0.3, -0.25) is 4.79 Å². The van der Waals surface area contributed by atoms with Crippen molar-refractivity contribution in [1.29, 1.82) is 0 Å². The number of carbonyl (C=O) groups is 2. The molecular formula is C21H16ClNO5. The van der Waals surface area contributed by atoms with Gasteiger partial charge in [0.1, 0.15) is 17.3 Å². The maximum absolute atomic E-state index is 11.9. The van der Waals surface area contributed by atoms with Gasteiger partial charge in [0.05, 0.1) is 11.3 Å². The summed E-state index contributed by atoms with van der Waals surface area (Å²) in [7, 11) is 0. The number of nitrogens with one attached hydrogen (secondary N) is 1. The number of amides is 1. The van der Waals surface area contributed by atoms with Crippen LogP contribution in [0.1, 0.15) is 5.76 Å². The first kappa shape index (κ1) is 19.3. The second kappa shape index (κ2) is 9.43. The average Bonchev–Trinajstić information content (AvgIpc) is 3.22. The summed E-state index contributed by atoms with van der Waals surface area (Å²) in [4.78, 5) is 23.5. The van der Waals surface area contributed by atoms with Crippen molar-refractivity contribution in [1.82, 2.24) is 0 Å². The lowest BCUT2D eigenvalue weighted by molar-refractivity contribution is -0.142. The first-order valence-corrected chi connectivity index (χ1v) is 8.68. The van der Waals surface area contributed by atoms with E-state index in [-0.39, 0.29) is 0 Å². The van der Waals surface area contributed by atoms with Gasteiger partial charge in [0, 0.05) is 11.8 Å². The second-order valence-electron chi connectivity index (χ2n) is 5.56. The van der Waals surface area contributed by atoms with Gasteiger partial charge in [0.15, 0.2) is 6.61 Å². The molecule has 0 saturated carbocycles. The van der Waals surface area contributed by atoms with E-state index >= 15 is 0 Å². The monoisotopic (exact) mass is 397 g/mol. The molecule has 3 aromatic rings. The molecule has 1 N–H and O–H groups in total. The van der Waals surface area contributed by atoms with E-state index in [1.165, 1.54) is 18.4 Å². The van der Waals surface area contributed by atoms with Gasteiger partial charge in [0.25, 0.3) is 5.91 Å². The van der Waals surface area contributed by atoms with E-state index < -0.39 is 18.5 Å². The first-order valence-electron chi connectivity index (χ1n) is 8.31. The zero-order chi connectivity index (χ0) is 19.8. The highest BCUT2D eigenvalue weighted by Crippen LogP contribution is 2.29. The molecule has 0 atom stereocenters. The van der Waals surface area contributed by atoms with E-state index in [0.29, 0.717) is 28.0 Å². The molecule has 7 heteroatoms. The number of hydrogen-bond acceptors (Lipinski definition) is 5. The molecule has 1 aromatic heterocycles. The Hall–Kier alpha value is -3.51. The van der Waals surface area contributed by atoms with E-state index in [4.69, 9.17) is 25.5 Å². The van der Waals surface area contributed by atoms with Gasteiger partial charge < -0.3 is 19.2 Å². The van der Waals surface area contributed by atoms with Crippen LogP contribution < -0.4 is 10.1 Å². The Morgan fingerprint density at radius 2 is 1.82 bits per heavy atom. The van der Waals surface area contributed by atoms with Gasteiger partial charge in [-0.1, -0.05) is 23.7 Å². The maximum Gasteiger partial charge on any atom is 0.331 e. The van der Waals surface area contributed by atoms with Gasteiger partial charge in [-0.15, -0.1) is 0 Å². The quantitative estimate of drug-likeness (QED) is 0.452. The van der Waals surface area contributed by atoms with Crippen molar-refractivity contribution in [2.45, 2.75) is 0 Å². The predicted octanol–water partition coefficient (Wildman–Crippen LogP) is 4.92. The van der Waals surface area contributed by atoms with Crippen molar-refractivity contribution in [3.63, 3.8) is 0 Å². The van der Waals surface area contributed by atoms with Gasteiger partial charge in [0.2, 0.25) is 0 Å². The molecule has 0 aliphatic rings. The van der Waals surface area contributed by atoms with Crippen LogP contribution in [0.15, 0.2) is 77.4 Å². The molecule has 0 aliphatic carbocycles. The summed E-state index contributed by atoms with van der Waals surface area (Å²) in [6.45, 7) is -0.404. The Morgan fingerprint density at radius 3 is 2.54 bits per heavy atom. The molecule has 6 nitrogen and oxygen atoms in total. The number of hydrogen-bond donors (Lipinski definition) is 1. The number of esters is 1. The molecular weight excluding hydrogens is 382 g/mol. The number of anilines is 1. The normalized spacial score (nSPS) is 10.6. The summed E-state index contributed by atoms with van der Waals surface area (Å²) in [6.07, 6.45) is 4.13. The van der Waals surface area contributed by atoms with Crippen molar-refractivity contribution >= 4 is 35.2 Å². The van der Waals surface area contributed by atoms with Crippen LogP contribution in [0.2, 0.25) is 5.02 Å². The van der Waals surface area contributed by atoms with E-state index in [0.717, 1.165) is 0 Å². The summed E-state index contributed by atoms with van der Waals surface area (Å²) in [5.41, 5.74) is 0.540. The Morgan fingerprint density at radius 1 is 1.04 bits per heavy atom. The first-order chi connectivity index (χ1) is 13.6. The lowest BCUT2D eigenvalue weighted by Gasteiger charge is -2.09. The molecule has 0 radical (unpaired) electrons. The summed E-state index contributed by atoms with van der Waals surface area (Å²) in [5, 5.41) is 3.13. The van der Waals surface area contributed by atoms with Crippen LogP contribution in [-0.2, 0) is 14.3 Å². The lowest BCUT2D eigenvalue weighted by atomic mass is 10.3. The van der Waals surface area contributed by atoms with E-state index in [9.17, 15) is 9.59 Å². The number of carbonyl (C=O) groups excluding carboxylic acids is 2. The number of ether oxygens (including phenoxy) is 2. The second-order valence-corrected chi connectivity index (χ2v) is 5.97. The third-order valence-corrected chi connectivity index (χ3v) is 3.79. The van der Waals surface area contributed by atoms with Gasteiger partial charge in [-0.25, -0.2) is 4.79 Å². The highest BCUT2D eigenvalue weighted by Gasteiger charge is 2.07. The SMILES string of the molecule is O=C(COC(=O)/C=C/c1ccco1)Nc1ccc(Oc2ccccc2Cl)cc1. The van der Waals surface area contributed by atoms with Crippen LogP contribution >= 0.6 is 11.6 Å². The molecule has 0 bridgehead atoms. The minimum Gasteiger partial charge on any atom is -0.465 e. The molecule has 2 aromatic carbocycles. The molecule has 1 heterocycles. The van der Waals surface area contributed by atoms with Crippen molar-refractivity contribution in [2.75, 3.05) is 11.9 Å². The molecule has 0 unspecified atom stereocenters. The molecule has 0 spiro atoms. The summed E-state index contributed by atoms with van der Waals surface area (Å²) < 4.78 is 15.6. The molecule has 28 heavy (non-hydrogen) atoms. The van der Waals surface area contributed by atoms with Crippen LogP contribution in [0.3, 0.4) is 0 Å². The van der Waals surface area contributed by atoms with Crippen LogP contribution in [0.5, 0.6) is 11.5 Å². The summed E-state index contributed by atoms with van der Waals surface area (Å²) in [6, 6.07) is 17.2. The fourth-order valence-corrected chi connectivity index (χ4v) is 2.35. The molecule has 0 saturated heterocycles. The van der Waals surface area contributed by atoms with Crippen LogP contribution in [0.4, 0.5) is 5.69 Å². The van der Waals surface area contributed by atoms with Crippen LogP contribution in [-0.4, -0.2) is 18.5 Å². The smallest absolute Gasteiger partial charge is 0.331 e. The number of halogens is 1. The molecule has 142 valence electrons. The number of benzene rings is 2. The van der Waals surface area contributed by atoms with E-state index in [1.54, 1.807) is 48.5 Å². The molecule has 0 aliphatic heterocycles. The minimum atomic E-state index is -0.643. The Kier molecular flexibility index (Phi) is 6.49. The Labute approximate surface area is 166 Å². The van der Waals surface area contributed by atoms with Crippen LogP contribution in [0.25, 0.3) is 6.08 Å². The Bertz CT molecular complexity index is 965. The molecule has 0 fully saturated rings. The number of rotatable bonds is 7. The fraction of sp³-hybridized carbons (Fsp3) is 0.0476. The molecule has 1 amide bonds. The highest BCUT2D eigenvalue weighted by atomic mass is 35.5. The van der Waals surface area contributed by atoms with Crippen LogP contribution in [0, 0.1) is 0 Å². The third kappa shape index (κ3) is 5.75. The maximum atomic E-state index is 11.9. The number of furan rings is 1. The standard InChI is InChI=1S/C21H16ClNO5/c22-18-5-1-2-6-19(18)28-17-9-7-15(8-10-17)23-20(24)14-27-21(25)12-11-16-4-3-13-26-16/h1-13H,14H2,(H,23,24)/b12-11+. The average molecular weight is 398 g/mol. The van der Waals surface area contributed by atoms with E-state index in [1.807, 2.05) is 12.1 Å². The van der Waals surface area contributed by atoms with Gasteiger partial charge >= 0.3 is 5.97 Å². The van der Waals surface area contributed by atoms with Crippen molar-refractivity contribution in [3.8, 4) is 11.5 Å². The highest BCUT2D eigenvalue weighted by molar-refractivity contribution is 6.32. The fourth-order valence-electron chi connectivity index (χ4n) is 2.18.